The predicted octanol–water partition coefficient (Wildman–Crippen LogP) is 14.6. The Balaban J connectivity index is 6.68. The van der Waals surface area contributed by atoms with E-state index in [1.807, 2.05) is 26.8 Å². The van der Waals surface area contributed by atoms with E-state index in [1.54, 1.807) is 12.2 Å². The molecule has 0 radical (unpaired) electrons. The number of esters is 2. The lowest BCUT2D eigenvalue weighted by atomic mass is 9.95. The second kappa shape index (κ2) is 33.6. The van der Waals surface area contributed by atoms with Gasteiger partial charge in [-0.1, -0.05) is 138 Å². The standard InChI is InChI=1S/C52H97O11PSi3/c1-19-65(20-2,21-3)60-39-50(63-67(41(7)8,42(9)10)43(11)12)48(62-66(22-4,23-5)24-6)33-29-25-27-31-44(13)38-49(46(15)37-45(14)35-36-51(54)57-16)61-52(55)34-30-26-28-32-47(53)40-64(56,58-17)59-18/h25,27,30-31,34-37,41-43,46,48-50H,19-24,26,28-29,32-33,38-40H2,1-18H3/b27-25+,34-30+,36-35+,44-31+,45-37+/t46-,48-,49-,50-/m1/s1. The van der Waals surface area contributed by atoms with Crippen LogP contribution in [0.25, 0.3) is 0 Å². The molecule has 11 nitrogen and oxygen atoms in total. The summed E-state index contributed by atoms with van der Waals surface area (Å²) in [5.74, 6) is -1.35. The second-order valence-corrected chi connectivity index (χ2v) is 36.4. The van der Waals surface area contributed by atoms with E-state index in [0.29, 0.717) is 42.5 Å². The first-order valence-electron chi connectivity index (χ1n) is 25.4. The average Bonchev–Trinajstić information content (AvgIpc) is 3.29. The van der Waals surface area contributed by atoms with Crippen molar-refractivity contribution in [2.75, 3.05) is 34.1 Å². The molecule has 0 saturated heterocycles. The van der Waals surface area contributed by atoms with Crippen LogP contribution in [0.3, 0.4) is 0 Å². The maximum atomic E-state index is 13.2. The molecule has 0 spiro atoms. The number of ether oxygens (including phenoxy) is 2. The third-order valence-electron chi connectivity index (χ3n) is 14.0. The molecule has 0 saturated carbocycles. The lowest BCUT2D eigenvalue weighted by Gasteiger charge is -2.48. The number of allylic oxidation sites excluding steroid dienone is 6. The number of hydrogen-bond acceptors (Lipinski definition) is 11. The van der Waals surface area contributed by atoms with Crippen molar-refractivity contribution in [3.8, 4) is 0 Å². The summed E-state index contributed by atoms with van der Waals surface area (Å²) >= 11 is 0. The number of methoxy groups -OCH3 is 1. The fourth-order valence-electron chi connectivity index (χ4n) is 9.28. The molecule has 0 N–H and O–H groups in total. The van der Waals surface area contributed by atoms with Gasteiger partial charge in [0.25, 0.3) is 0 Å². The molecule has 0 bridgehead atoms. The molecule has 0 aliphatic heterocycles. The van der Waals surface area contributed by atoms with Gasteiger partial charge in [-0.15, -0.1) is 0 Å². The van der Waals surface area contributed by atoms with Crippen LogP contribution in [0.1, 0.15) is 142 Å². The van der Waals surface area contributed by atoms with Crippen molar-refractivity contribution in [1.29, 1.82) is 0 Å². The molecule has 0 amide bonds. The highest BCUT2D eigenvalue weighted by Gasteiger charge is 2.49. The SMILES string of the molecule is CC[Si](CC)(CC)OC[C@@H](O[Si](C(C)C)(C(C)C)C(C)C)[C@@H](CC/C=C/C=C(\C)C[C@@H](OC(=O)/C=C/CCCC(=O)CP(=O)(OC)OC)[C@H](C)/C=C(C)/C=C/C(=O)OC)O[Si](CC)(CC)CC. The van der Waals surface area contributed by atoms with Crippen molar-refractivity contribution in [3.05, 3.63) is 59.8 Å². The number of rotatable bonds is 37. The fraction of sp³-hybridized carbons (Fsp3) is 0.750. The summed E-state index contributed by atoms with van der Waals surface area (Å²) in [7, 11) is -5.81. The average molecular weight is 1010 g/mol. The molecule has 0 aliphatic carbocycles. The van der Waals surface area contributed by atoms with Gasteiger partial charge in [0.1, 0.15) is 18.0 Å². The number of hydrogen-bond donors (Lipinski definition) is 0. The van der Waals surface area contributed by atoms with Crippen molar-refractivity contribution in [3.63, 3.8) is 0 Å². The minimum absolute atomic E-state index is 0.0898. The first-order valence-corrected chi connectivity index (χ1v) is 34.3. The minimum atomic E-state index is -3.42. The highest BCUT2D eigenvalue weighted by molar-refractivity contribution is 7.54. The molecule has 0 aromatic carbocycles. The Hall–Kier alpha value is -2.01. The van der Waals surface area contributed by atoms with Gasteiger partial charge in [0.2, 0.25) is 8.32 Å². The quantitative estimate of drug-likeness (QED) is 0.0147. The van der Waals surface area contributed by atoms with Gasteiger partial charge >= 0.3 is 19.5 Å². The van der Waals surface area contributed by atoms with Gasteiger partial charge in [0, 0.05) is 45.1 Å². The molecular formula is C52H97O11PSi3. The maximum Gasteiger partial charge on any atom is 0.337 e. The molecule has 388 valence electrons. The molecule has 0 aromatic rings. The summed E-state index contributed by atoms with van der Waals surface area (Å²) in [5, 5.41) is 0. The lowest BCUT2D eigenvalue weighted by molar-refractivity contribution is -0.144. The molecule has 0 aliphatic rings. The normalized spacial score (nSPS) is 15.7. The van der Waals surface area contributed by atoms with E-state index in [-0.39, 0.29) is 36.5 Å². The van der Waals surface area contributed by atoms with E-state index in [4.69, 9.17) is 31.8 Å². The number of carbonyl (C=O) groups excluding carboxylic acids is 3. The summed E-state index contributed by atoms with van der Waals surface area (Å²) in [6, 6.07) is 6.45. The highest BCUT2D eigenvalue weighted by Crippen LogP contribution is 2.46. The number of carbonyl (C=O) groups is 3. The van der Waals surface area contributed by atoms with Crippen molar-refractivity contribution in [1.82, 2.24) is 0 Å². The minimum Gasteiger partial charge on any atom is -0.466 e. The Kier molecular flexibility index (Phi) is 32.5. The van der Waals surface area contributed by atoms with Crippen LogP contribution in [-0.2, 0) is 50.7 Å². The van der Waals surface area contributed by atoms with Gasteiger partial charge in [-0.25, -0.2) is 9.59 Å². The summed E-state index contributed by atoms with van der Waals surface area (Å²) in [6.45, 7) is 34.4. The molecule has 0 heterocycles. The van der Waals surface area contributed by atoms with Gasteiger partial charge in [-0.05, 0) is 92.4 Å². The first kappa shape index (κ1) is 65.0. The first-order chi connectivity index (χ1) is 31.5. The van der Waals surface area contributed by atoms with E-state index in [2.05, 4.69) is 101 Å². The van der Waals surface area contributed by atoms with Crippen molar-refractivity contribution < 1.29 is 50.7 Å². The summed E-state index contributed by atoms with van der Waals surface area (Å²) in [5.41, 5.74) is 3.19. The predicted molar refractivity (Wildman–Crippen MR) is 286 cm³/mol. The number of Topliss-reactive ketones (excluding diaryl/α,β-unsaturated/α-hetero) is 1. The Labute approximate surface area is 412 Å². The monoisotopic (exact) mass is 1010 g/mol. The fourth-order valence-corrected chi connectivity index (χ4v) is 21.4. The topological polar surface area (TPSA) is 133 Å². The summed E-state index contributed by atoms with van der Waals surface area (Å²) < 4.78 is 55.2. The van der Waals surface area contributed by atoms with Crippen LogP contribution in [0, 0.1) is 5.92 Å². The van der Waals surface area contributed by atoms with Crippen LogP contribution in [0.15, 0.2) is 59.8 Å². The van der Waals surface area contributed by atoms with E-state index in [9.17, 15) is 18.9 Å². The number of ketones is 1. The molecule has 67 heavy (non-hydrogen) atoms. The third-order valence-corrected chi connectivity index (χ3v) is 31.3. The zero-order valence-corrected chi connectivity index (χ0v) is 49.4. The molecule has 0 unspecified atom stereocenters. The van der Waals surface area contributed by atoms with Gasteiger partial charge in [-0.3, -0.25) is 9.36 Å². The molecule has 4 atom stereocenters. The molecule has 15 heteroatoms. The Bertz CT molecular complexity index is 1600. The van der Waals surface area contributed by atoms with E-state index in [1.165, 1.54) is 33.5 Å². The van der Waals surface area contributed by atoms with Crippen LogP contribution in [0.2, 0.25) is 52.9 Å². The molecule has 0 aromatic heterocycles. The third kappa shape index (κ3) is 22.7. The summed E-state index contributed by atoms with van der Waals surface area (Å²) in [6.07, 6.45) is 16.7. The molecular weight excluding hydrogens is 916 g/mol. The van der Waals surface area contributed by atoms with Gasteiger partial charge < -0.3 is 31.8 Å². The van der Waals surface area contributed by atoms with Crippen molar-refractivity contribution in [2.24, 2.45) is 5.92 Å². The van der Waals surface area contributed by atoms with Crippen LogP contribution >= 0.6 is 7.60 Å². The zero-order valence-electron chi connectivity index (χ0n) is 45.5. The van der Waals surface area contributed by atoms with E-state index >= 15 is 0 Å². The lowest BCUT2D eigenvalue weighted by Crippen LogP contribution is -2.56. The van der Waals surface area contributed by atoms with E-state index in [0.717, 1.165) is 60.3 Å². The van der Waals surface area contributed by atoms with Crippen molar-refractivity contribution >= 4 is 50.3 Å². The van der Waals surface area contributed by atoms with Crippen molar-refractivity contribution in [2.45, 2.75) is 214 Å². The largest absolute Gasteiger partial charge is 0.466 e. The van der Waals surface area contributed by atoms with Gasteiger partial charge in [-0.2, -0.15) is 0 Å². The highest BCUT2D eigenvalue weighted by atomic mass is 31.2. The van der Waals surface area contributed by atoms with Crippen LogP contribution in [0.4, 0.5) is 0 Å². The van der Waals surface area contributed by atoms with Crippen LogP contribution in [0.5, 0.6) is 0 Å². The Morgan fingerprint density at radius 2 is 1.19 bits per heavy atom. The molecule has 0 rings (SSSR count). The van der Waals surface area contributed by atoms with Crippen LogP contribution < -0.4 is 0 Å². The Morgan fingerprint density at radius 3 is 1.69 bits per heavy atom. The van der Waals surface area contributed by atoms with Gasteiger partial charge in [0.15, 0.2) is 16.6 Å². The number of unbranched alkanes of at least 4 members (excludes halogenated alkanes) is 1. The summed E-state index contributed by atoms with van der Waals surface area (Å²) in [4.78, 5) is 37.3. The zero-order chi connectivity index (χ0) is 51.4. The molecule has 0 fully saturated rings. The maximum absolute atomic E-state index is 13.2. The van der Waals surface area contributed by atoms with Crippen LogP contribution in [-0.4, -0.2) is 95.1 Å². The second-order valence-electron chi connectivity index (χ2n) is 19.2. The van der Waals surface area contributed by atoms with E-state index < -0.39 is 50.6 Å². The Morgan fingerprint density at radius 1 is 0.642 bits per heavy atom. The smallest absolute Gasteiger partial charge is 0.337 e. The van der Waals surface area contributed by atoms with Gasteiger partial charge in [0.05, 0.1) is 25.9 Å².